The van der Waals surface area contributed by atoms with Crippen molar-refractivity contribution in [3.05, 3.63) is 72.1 Å². The number of benzene rings is 2. The Bertz CT molecular complexity index is 3700. The van der Waals surface area contributed by atoms with Gasteiger partial charge in [-0.25, -0.2) is 17.6 Å². The van der Waals surface area contributed by atoms with Gasteiger partial charge in [-0.3, -0.25) is 82.4 Å². The lowest BCUT2D eigenvalue weighted by molar-refractivity contribution is -0.156. The molecule has 4 saturated heterocycles. The van der Waals surface area contributed by atoms with E-state index in [2.05, 4.69) is 31.2 Å². The number of fused-ring (bicyclic) bond motifs is 2. The number of carboxylic acids is 2. The number of carbonyl (C=O) groups excluding carboxylic acids is 8. The number of pyridine rings is 2. The van der Waals surface area contributed by atoms with Crippen LogP contribution in [0.3, 0.4) is 0 Å². The number of nitrogens with one attached hydrogen (secondary N) is 4. The minimum absolute atomic E-state index is 0.0909. The molecule has 0 aliphatic carbocycles. The minimum atomic E-state index is -3.22. The molecule has 6 heterocycles. The highest BCUT2D eigenvalue weighted by Gasteiger charge is 2.48. The summed E-state index contributed by atoms with van der Waals surface area (Å²) in [4.78, 5) is 152. The van der Waals surface area contributed by atoms with Crippen LogP contribution in [0.1, 0.15) is 86.4 Å². The van der Waals surface area contributed by atoms with E-state index in [1.54, 1.807) is 88.9 Å². The quantitative estimate of drug-likeness (QED) is 0.0237. The van der Waals surface area contributed by atoms with Crippen molar-refractivity contribution in [2.75, 3.05) is 157 Å². The average Bonchev–Trinajstić information content (AvgIpc) is 1.76. The summed E-state index contributed by atoms with van der Waals surface area (Å²) >= 11 is 0. The normalized spacial score (nSPS) is 19.0. The van der Waals surface area contributed by atoms with E-state index < -0.39 is 128 Å². The number of halogens is 4. The van der Waals surface area contributed by atoms with Crippen LogP contribution in [0.15, 0.2) is 60.9 Å². The number of unbranched alkanes of at least 4 members (excludes halogenated alkanes) is 2. The van der Waals surface area contributed by atoms with E-state index >= 15 is 0 Å². The molecule has 4 aliphatic rings. The fourth-order valence-electron chi connectivity index (χ4n) is 12.7. The van der Waals surface area contributed by atoms with Crippen molar-refractivity contribution >= 4 is 81.1 Å². The number of nitrogens with zero attached hydrogens (tertiary/aromatic N) is 12. The van der Waals surface area contributed by atoms with Crippen molar-refractivity contribution in [2.24, 2.45) is 0 Å². The Morgan fingerprint density at radius 1 is 0.571 bits per heavy atom. The third-order valence-corrected chi connectivity index (χ3v) is 18.0. The zero-order valence-corrected chi connectivity index (χ0v) is 59.0. The molecule has 4 aromatic rings. The number of amides is 7. The third-order valence-electron chi connectivity index (χ3n) is 18.0. The van der Waals surface area contributed by atoms with Crippen molar-refractivity contribution in [3.8, 4) is 23.6 Å². The molecule has 8 rings (SSSR count). The van der Waals surface area contributed by atoms with E-state index in [9.17, 15) is 86.2 Å². The number of nitriles is 2. The molecule has 35 heteroatoms. The minimum Gasteiger partial charge on any atom is -0.494 e. The van der Waals surface area contributed by atoms with Gasteiger partial charge in [0.05, 0.1) is 113 Å². The molecule has 0 unspecified atom stereocenters. The maximum absolute atomic E-state index is 14.4. The molecule has 0 spiro atoms. The van der Waals surface area contributed by atoms with Gasteiger partial charge in [-0.1, -0.05) is 0 Å². The monoisotopic (exact) mass is 1470 g/mol. The van der Waals surface area contributed by atoms with Crippen LogP contribution in [0.25, 0.3) is 21.8 Å². The predicted octanol–water partition coefficient (Wildman–Crippen LogP) is 1.65. The topological polar surface area (TPSA) is 386 Å². The zero-order valence-electron chi connectivity index (χ0n) is 59.0. The van der Waals surface area contributed by atoms with Gasteiger partial charge in [0.15, 0.2) is 0 Å². The molecular weight excluding hydrogens is 1380 g/mol. The number of aliphatic carboxylic acids is 2. The second kappa shape index (κ2) is 37.7. The molecule has 568 valence electrons. The molecule has 4 aliphatic heterocycles. The largest absolute Gasteiger partial charge is 0.494 e. The van der Waals surface area contributed by atoms with Crippen LogP contribution >= 0.6 is 0 Å². The highest BCUT2D eigenvalue weighted by Crippen LogP contribution is 2.33. The Labute approximate surface area is 604 Å². The van der Waals surface area contributed by atoms with E-state index in [1.165, 1.54) is 24.5 Å². The number of carboxylic acid groups (broad SMARTS) is 2. The van der Waals surface area contributed by atoms with E-state index in [1.807, 2.05) is 9.80 Å². The van der Waals surface area contributed by atoms with Gasteiger partial charge in [-0.15, -0.1) is 0 Å². The Morgan fingerprint density at radius 2 is 0.990 bits per heavy atom. The second-order valence-electron chi connectivity index (χ2n) is 27.4. The Balaban J connectivity index is 0.861. The van der Waals surface area contributed by atoms with Crippen LogP contribution in [-0.2, 0) is 43.1 Å². The highest BCUT2D eigenvalue weighted by molar-refractivity contribution is 6.08. The Kier molecular flexibility index (Phi) is 29.0. The summed E-state index contributed by atoms with van der Waals surface area (Å²) in [6.07, 6.45) is 3.45. The van der Waals surface area contributed by atoms with Crippen molar-refractivity contribution in [1.82, 2.24) is 70.4 Å². The summed E-state index contributed by atoms with van der Waals surface area (Å²) in [5.41, 5.74) is 0.363. The summed E-state index contributed by atoms with van der Waals surface area (Å²) in [5, 5.41) is 49.7. The zero-order chi connectivity index (χ0) is 76.0. The van der Waals surface area contributed by atoms with Crippen molar-refractivity contribution in [2.45, 2.75) is 101 Å². The number of alkyl halides is 4. The van der Waals surface area contributed by atoms with Gasteiger partial charge in [-0.05, 0) is 101 Å². The molecule has 0 saturated carbocycles. The molecular formula is C70H90F4N16O15. The van der Waals surface area contributed by atoms with E-state index in [-0.39, 0.29) is 148 Å². The summed E-state index contributed by atoms with van der Waals surface area (Å²) in [7, 11) is 0. The maximum Gasteiger partial charge on any atom is 0.320 e. The maximum atomic E-state index is 14.4. The van der Waals surface area contributed by atoms with Gasteiger partial charge in [0.1, 0.15) is 29.2 Å². The third kappa shape index (κ3) is 25.1. The van der Waals surface area contributed by atoms with E-state index in [0.29, 0.717) is 65.4 Å². The van der Waals surface area contributed by atoms with Gasteiger partial charge in [-0.2, -0.15) is 10.5 Å². The fourth-order valence-corrected chi connectivity index (χ4v) is 12.7. The first kappa shape index (κ1) is 80.7. The van der Waals surface area contributed by atoms with Crippen molar-refractivity contribution < 1.29 is 89.9 Å². The average molecular weight is 1470 g/mol. The second-order valence-corrected chi connectivity index (χ2v) is 27.4. The number of esters is 1. The molecule has 4 fully saturated rings. The standard InChI is InChI=1S/C70H90F4N16O15/c1-68(2,3)105-65(100)44-86-26-21-83(20-22-84(42-63(96)97)23-24-85(25-27-86)43-64(98)99)41-62(95)87-19-14-47(38-87)88(39-58(91)79-15-4-6-28-103-50-8-10-56-54(30-50)52(12-17-77-56)66(101)81-36-60(93)89-45-69(71,72)32-48(89)34-75)40-59(92)80-16-5-7-29-104-51-9-11-57-55(31-51)53(13-18-78-57)67(102)82-37-61(94)90-46-70(73,74)33-49(90)35-76/h8-13,17-18,30-31,47-49H,4-7,14-16,19-29,32-33,36-46H2,1-3H3,(H,79,91)(H,80,92)(H,81,101)(H,82,102)(H,96,97)(H,98,99)/t47-,48-,49-/m0/s1. The summed E-state index contributed by atoms with van der Waals surface area (Å²) in [5.74, 6) is -12.4. The molecule has 3 atom stereocenters. The number of rotatable bonds is 31. The molecule has 0 bridgehead atoms. The summed E-state index contributed by atoms with van der Waals surface area (Å²) in [6.45, 7) is 4.09. The van der Waals surface area contributed by atoms with Crippen LogP contribution in [0.2, 0.25) is 0 Å². The number of carbonyl (C=O) groups is 10. The van der Waals surface area contributed by atoms with E-state index in [4.69, 9.17) is 14.2 Å². The van der Waals surface area contributed by atoms with Crippen LogP contribution in [0.4, 0.5) is 17.6 Å². The lowest BCUT2D eigenvalue weighted by Gasteiger charge is -2.34. The van der Waals surface area contributed by atoms with Gasteiger partial charge in [0.25, 0.3) is 23.7 Å². The van der Waals surface area contributed by atoms with Gasteiger partial charge in [0, 0.05) is 121 Å². The number of ether oxygens (including phenoxy) is 3. The van der Waals surface area contributed by atoms with Crippen LogP contribution in [-0.4, -0.2) is 311 Å². The molecule has 6 N–H and O–H groups in total. The van der Waals surface area contributed by atoms with Crippen LogP contribution in [0.5, 0.6) is 11.5 Å². The number of likely N-dealkylation sites (tertiary alicyclic amines) is 3. The SMILES string of the molecule is CC(C)(C)OC(=O)CN1CCN(CC(=O)O)CCN(CC(=O)O)CCN(CC(=O)N2CC[C@H](N(CC(=O)NCCCCOc3ccc4nccc(C(=O)NCC(=O)N5CC(F)(F)C[C@H]5C#N)c4c3)CC(=O)NCCCCOc3ccc4nccc(C(=O)NCC(=O)N5CC(F)(F)C[C@H]5C#N)c4c3)C2)CC1. The molecule has 2 aromatic heterocycles. The van der Waals surface area contributed by atoms with Gasteiger partial charge < -0.3 is 60.4 Å². The first-order valence-electron chi connectivity index (χ1n) is 34.8. The van der Waals surface area contributed by atoms with Gasteiger partial charge >= 0.3 is 17.9 Å². The molecule has 105 heavy (non-hydrogen) atoms. The number of hydrogen-bond acceptors (Lipinski definition) is 22. The summed E-state index contributed by atoms with van der Waals surface area (Å²) in [6, 6.07) is 13.0. The highest BCUT2D eigenvalue weighted by atomic mass is 19.3. The number of aromatic nitrogens is 2. The lowest BCUT2D eigenvalue weighted by Crippen LogP contribution is -2.51. The fraction of sp³-hybridized carbons (Fsp3) is 0.571. The molecule has 2 aromatic carbocycles. The van der Waals surface area contributed by atoms with Gasteiger partial charge in [0.2, 0.25) is 29.5 Å². The first-order chi connectivity index (χ1) is 49.9. The van der Waals surface area contributed by atoms with Crippen molar-refractivity contribution in [3.63, 3.8) is 0 Å². The molecule has 31 nitrogen and oxygen atoms in total. The molecule has 7 amide bonds. The Morgan fingerprint density at radius 3 is 1.40 bits per heavy atom. The van der Waals surface area contributed by atoms with Crippen molar-refractivity contribution in [1.29, 1.82) is 10.5 Å². The lowest BCUT2D eigenvalue weighted by atomic mass is 10.1. The van der Waals surface area contributed by atoms with Crippen LogP contribution in [0, 0.1) is 22.7 Å². The summed E-state index contributed by atoms with van der Waals surface area (Å²) < 4.78 is 73.7. The van der Waals surface area contributed by atoms with Crippen LogP contribution < -0.4 is 30.7 Å². The smallest absolute Gasteiger partial charge is 0.320 e. The predicted molar refractivity (Wildman–Crippen MR) is 368 cm³/mol. The molecule has 0 radical (unpaired) electrons. The number of hydrogen-bond donors (Lipinski definition) is 6. The first-order valence-corrected chi connectivity index (χ1v) is 34.8. The van der Waals surface area contributed by atoms with E-state index in [0.717, 1.165) is 9.80 Å². The Hall–Kier alpha value is -9.94.